The van der Waals surface area contributed by atoms with Gasteiger partial charge in [0.2, 0.25) is 0 Å². The van der Waals surface area contributed by atoms with Gasteiger partial charge in [-0.1, -0.05) is 35.9 Å². The Hall–Kier alpha value is -3.11. The van der Waals surface area contributed by atoms with Crippen molar-refractivity contribution in [3.05, 3.63) is 75.4 Å². The molecule has 5 heterocycles. The van der Waals surface area contributed by atoms with E-state index in [1.165, 1.54) is 16.9 Å². The van der Waals surface area contributed by atoms with Gasteiger partial charge in [-0.15, -0.1) is 11.3 Å². The molecule has 1 unspecified atom stereocenters. The Morgan fingerprint density at radius 2 is 1.93 bits per heavy atom. The molecule has 0 spiro atoms. The topological polar surface area (TPSA) is 86.0 Å². The summed E-state index contributed by atoms with van der Waals surface area (Å²) in [7, 11) is 0. The number of likely N-dealkylation sites (tertiary alicyclic amines) is 1. The number of hydrogen-bond donors (Lipinski definition) is 1. The molecule has 2 saturated heterocycles. The Balaban J connectivity index is 1.04. The highest BCUT2D eigenvalue weighted by Gasteiger charge is 2.30. The molecule has 7 rings (SSSR count). The number of rotatable bonds is 7. The van der Waals surface area contributed by atoms with Crippen LogP contribution >= 0.6 is 22.9 Å². The van der Waals surface area contributed by atoms with Crippen LogP contribution in [0.15, 0.2) is 48.5 Å². The van der Waals surface area contributed by atoms with Gasteiger partial charge in [0, 0.05) is 17.2 Å². The quantitative estimate of drug-likeness (QED) is 0.282. The predicted octanol–water partition coefficient (Wildman–Crippen LogP) is 6.13. The molecule has 0 radical (unpaired) electrons. The molecule has 0 aliphatic carbocycles. The number of aromatic carboxylic acids is 1. The minimum absolute atomic E-state index is 0.155. The third-order valence-corrected chi connectivity index (χ3v) is 9.47. The molecule has 2 atom stereocenters. The number of carboxylic acids is 1. The first-order valence-electron chi connectivity index (χ1n) is 13.8. The molecule has 0 amide bonds. The Bertz CT molecular complexity index is 1540. The summed E-state index contributed by atoms with van der Waals surface area (Å²) in [5, 5.41) is 10.2. The number of ether oxygens (including phenoxy) is 3. The molecule has 2 aromatic carbocycles. The number of para-hydroxylation sites is 1. The molecular formula is C30H30ClN3O5S. The largest absolute Gasteiger partial charge is 0.485 e. The van der Waals surface area contributed by atoms with Gasteiger partial charge < -0.3 is 23.9 Å². The van der Waals surface area contributed by atoms with Crippen LogP contribution in [0.5, 0.6) is 11.5 Å². The first-order valence-corrected chi connectivity index (χ1v) is 15.0. The van der Waals surface area contributed by atoms with E-state index in [2.05, 4.69) is 21.6 Å². The van der Waals surface area contributed by atoms with E-state index in [9.17, 15) is 9.90 Å². The maximum Gasteiger partial charge on any atom is 0.346 e. The summed E-state index contributed by atoms with van der Waals surface area (Å²) in [5.41, 5.74) is 3.17. The first-order chi connectivity index (χ1) is 19.5. The fourth-order valence-electron chi connectivity index (χ4n) is 5.92. The number of halogens is 1. The summed E-state index contributed by atoms with van der Waals surface area (Å²) in [6.07, 6.45) is 3.07. The second-order valence-corrected chi connectivity index (χ2v) is 12.2. The maximum atomic E-state index is 11.5. The SMILES string of the molecule is O=C(O)c1cc2c(nc(CN3CCC(c4cccc5c4OC[C@H](c4ccc(Cl)cc4)O5)CC3)n2CC2CCO2)s1. The standard InChI is InChI=1S/C30H30ClN3O5S/c31-20-6-4-19(5-7-20)25-17-38-28-22(2-1-3-24(28)39-25)18-8-11-33(12-9-18)16-27-32-29-23(14-26(40-29)30(35)36)34(27)15-21-10-13-37-21/h1-7,14,18,21,25H,8-13,15-17H2,(H,35,36)/t21?,25-/m1/s1. The van der Waals surface area contributed by atoms with Crippen LogP contribution in [0.1, 0.15) is 57.9 Å². The Morgan fingerprint density at radius 3 is 2.65 bits per heavy atom. The highest BCUT2D eigenvalue weighted by molar-refractivity contribution is 7.20. The van der Waals surface area contributed by atoms with E-state index in [1.807, 2.05) is 30.3 Å². The van der Waals surface area contributed by atoms with Crippen molar-refractivity contribution in [3.8, 4) is 11.5 Å². The van der Waals surface area contributed by atoms with E-state index >= 15 is 0 Å². The number of carbonyl (C=O) groups is 1. The van der Waals surface area contributed by atoms with Gasteiger partial charge in [0.25, 0.3) is 0 Å². The van der Waals surface area contributed by atoms with E-state index in [4.69, 9.17) is 30.8 Å². The Kier molecular flexibility index (Phi) is 6.91. The van der Waals surface area contributed by atoms with Crippen LogP contribution in [0.3, 0.4) is 0 Å². The minimum Gasteiger partial charge on any atom is -0.485 e. The first kappa shape index (κ1) is 25.8. The van der Waals surface area contributed by atoms with Crippen molar-refractivity contribution in [3.63, 3.8) is 0 Å². The number of nitrogens with zero attached hydrogens (tertiary/aromatic N) is 3. The van der Waals surface area contributed by atoms with Crippen LogP contribution in [0, 0.1) is 0 Å². The van der Waals surface area contributed by atoms with Gasteiger partial charge >= 0.3 is 5.97 Å². The molecule has 0 bridgehead atoms. The van der Waals surface area contributed by atoms with Crippen molar-refractivity contribution in [1.82, 2.24) is 14.5 Å². The Morgan fingerprint density at radius 1 is 1.12 bits per heavy atom. The monoisotopic (exact) mass is 579 g/mol. The summed E-state index contributed by atoms with van der Waals surface area (Å²) in [4.78, 5) is 19.9. The maximum absolute atomic E-state index is 11.5. The third-order valence-electron chi connectivity index (χ3n) is 8.21. The number of imidazole rings is 1. The highest BCUT2D eigenvalue weighted by Crippen LogP contribution is 2.44. The number of fused-ring (bicyclic) bond motifs is 2. The lowest BCUT2D eigenvalue weighted by molar-refractivity contribution is -0.0592. The number of carboxylic acid groups (broad SMARTS) is 1. The average Bonchev–Trinajstić information content (AvgIpc) is 3.49. The van der Waals surface area contributed by atoms with E-state index in [0.717, 1.165) is 78.7 Å². The normalized spacial score (nSPS) is 21.4. The molecular weight excluding hydrogens is 550 g/mol. The molecule has 0 saturated carbocycles. The van der Waals surface area contributed by atoms with Gasteiger partial charge in [-0.3, -0.25) is 4.90 Å². The highest BCUT2D eigenvalue weighted by atomic mass is 35.5. The van der Waals surface area contributed by atoms with Crippen LogP contribution < -0.4 is 9.47 Å². The molecule has 208 valence electrons. The van der Waals surface area contributed by atoms with Crippen LogP contribution in [0.2, 0.25) is 5.02 Å². The summed E-state index contributed by atoms with van der Waals surface area (Å²) in [5.74, 6) is 2.14. The second kappa shape index (κ2) is 10.7. The third kappa shape index (κ3) is 4.96. The fraction of sp³-hybridized carbons (Fsp3) is 0.400. The van der Waals surface area contributed by atoms with Gasteiger partial charge in [0.05, 0.1) is 24.7 Å². The number of aromatic nitrogens is 2. The van der Waals surface area contributed by atoms with Crippen molar-refractivity contribution in [2.24, 2.45) is 0 Å². The molecule has 10 heteroatoms. The Labute approximate surface area is 241 Å². The number of benzene rings is 2. The van der Waals surface area contributed by atoms with Gasteiger partial charge in [-0.25, -0.2) is 9.78 Å². The van der Waals surface area contributed by atoms with Crippen molar-refractivity contribution in [2.45, 2.75) is 50.5 Å². The lowest BCUT2D eigenvalue weighted by atomic mass is 9.88. The van der Waals surface area contributed by atoms with Gasteiger partial charge in [0.15, 0.2) is 17.6 Å². The molecule has 4 aromatic rings. The lowest BCUT2D eigenvalue weighted by Gasteiger charge is -2.35. The molecule has 40 heavy (non-hydrogen) atoms. The minimum atomic E-state index is -0.906. The number of hydrogen-bond acceptors (Lipinski definition) is 7. The smallest absolute Gasteiger partial charge is 0.346 e. The van der Waals surface area contributed by atoms with Crippen LogP contribution in [0.25, 0.3) is 10.3 Å². The van der Waals surface area contributed by atoms with Crippen molar-refractivity contribution < 1.29 is 24.1 Å². The zero-order valence-electron chi connectivity index (χ0n) is 21.9. The van der Waals surface area contributed by atoms with E-state index in [1.54, 1.807) is 6.07 Å². The summed E-state index contributed by atoms with van der Waals surface area (Å²) < 4.78 is 20.5. The van der Waals surface area contributed by atoms with E-state index < -0.39 is 5.97 Å². The molecule has 1 N–H and O–H groups in total. The second-order valence-electron chi connectivity index (χ2n) is 10.7. The fourth-order valence-corrected chi connectivity index (χ4v) is 6.93. The van der Waals surface area contributed by atoms with Crippen molar-refractivity contribution in [1.29, 1.82) is 0 Å². The zero-order valence-corrected chi connectivity index (χ0v) is 23.5. The molecule has 3 aliphatic heterocycles. The molecule has 8 nitrogen and oxygen atoms in total. The summed E-state index contributed by atoms with van der Waals surface area (Å²) in [6.45, 7) is 4.60. The van der Waals surface area contributed by atoms with Gasteiger partial charge in [-0.05, 0) is 68.1 Å². The molecule has 3 aliphatic rings. The summed E-state index contributed by atoms with van der Waals surface area (Å²) >= 11 is 7.30. The van der Waals surface area contributed by atoms with Crippen LogP contribution in [-0.2, 0) is 17.8 Å². The van der Waals surface area contributed by atoms with Crippen molar-refractivity contribution >= 4 is 39.3 Å². The van der Waals surface area contributed by atoms with E-state index in [-0.39, 0.29) is 12.2 Å². The number of piperidine rings is 1. The number of thiophene rings is 1. The molecule has 2 aromatic heterocycles. The van der Waals surface area contributed by atoms with Gasteiger partial charge in [0.1, 0.15) is 22.1 Å². The zero-order chi connectivity index (χ0) is 27.2. The molecule has 2 fully saturated rings. The van der Waals surface area contributed by atoms with Crippen LogP contribution in [-0.4, -0.2) is 57.9 Å². The van der Waals surface area contributed by atoms with E-state index in [0.29, 0.717) is 29.0 Å². The predicted molar refractivity (Wildman–Crippen MR) is 153 cm³/mol. The van der Waals surface area contributed by atoms with Crippen LogP contribution in [0.4, 0.5) is 0 Å². The summed E-state index contributed by atoms with van der Waals surface area (Å²) in [6, 6.07) is 15.7. The van der Waals surface area contributed by atoms with Gasteiger partial charge in [-0.2, -0.15) is 0 Å². The van der Waals surface area contributed by atoms with Crippen molar-refractivity contribution in [2.75, 3.05) is 26.3 Å². The average molecular weight is 580 g/mol. The lowest BCUT2D eigenvalue weighted by Crippen LogP contribution is -2.35.